The summed E-state index contributed by atoms with van der Waals surface area (Å²) < 4.78 is 12.8. The van der Waals surface area contributed by atoms with Gasteiger partial charge in [0.2, 0.25) is 5.91 Å². The van der Waals surface area contributed by atoms with Gasteiger partial charge in [-0.25, -0.2) is 0 Å². The highest BCUT2D eigenvalue weighted by Gasteiger charge is 2.20. The van der Waals surface area contributed by atoms with Gasteiger partial charge in [-0.2, -0.15) is 0 Å². The van der Waals surface area contributed by atoms with E-state index in [1.807, 2.05) is 66.3 Å². The molecule has 1 amide bonds. The third kappa shape index (κ3) is 3.51. The average Bonchev–Trinajstić information content (AvgIpc) is 3.27. The first-order valence-electron chi connectivity index (χ1n) is 7.77. The Morgan fingerprint density at radius 1 is 1.25 bits per heavy atom. The van der Waals surface area contributed by atoms with Crippen LogP contribution in [0.2, 0.25) is 0 Å². The fraction of sp³-hybridized carbons (Fsp3) is 0.211. The molecule has 0 radical (unpaired) electrons. The second-order valence-electron chi connectivity index (χ2n) is 5.62. The molecule has 24 heavy (non-hydrogen) atoms. The number of amides is 1. The van der Waals surface area contributed by atoms with E-state index in [4.69, 9.17) is 9.15 Å². The third-order valence-electron chi connectivity index (χ3n) is 3.87. The minimum absolute atomic E-state index is 0.103. The summed E-state index contributed by atoms with van der Waals surface area (Å²) in [6.07, 6.45) is 5.73. The molecule has 2 aromatic heterocycles. The van der Waals surface area contributed by atoms with Gasteiger partial charge in [0.15, 0.2) is 0 Å². The average molecular weight is 324 g/mol. The number of hydrogen-bond acceptors (Lipinski definition) is 3. The molecule has 0 spiro atoms. The summed E-state index contributed by atoms with van der Waals surface area (Å²) in [6.45, 7) is 1.97. The topological polar surface area (TPSA) is 56.4 Å². The number of aryl methyl sites for hydroxylation is 1. The summed E-state index contributed by atoms with van der Waals surface area (Å²) in [4.78, 5) is 12.6. The van der Waals surface area contributed by atoms with Gasteiger partial charge in [-0.05, 0) is 48.9 Å². The molecule has 1 N–H and O–H groups in total. The smallest absolute Gasteiger partial charge is 0.227 e. The lowest BCUT2D eigenvalue weighted by Crippen LogP contribution is -2.19. The maximum Gasteiger partial charge on any atom is 0.227 e. The Morgan fingerprint density at radius 3 is 2.71 bits per heavy atom. The number of benzene rings is 1. The zero-order chi connectivity index (χ0) is 16.9. The van der Waals surface area contributed by atoms with Crippen LogP contribution in [0.1, 0.15) is 23.8 Å². The quantitative estimate of drug-likeness (QED) is 0.745. The standard InChI is InChI=1S/C19H20N2O3/c1-14-7-8-17(23-2)15(12-14)20-19(22)13-16(18-6-5-11-24-18)21-9-3-4-10-21/h3-12,16H,13H2,1-2H3,(H,20,22)/t16-/m0/s1. The van der Waals surface area contributed by atoms with Crippen molar-refractivity contribution < 1.29 is 13.9 Å². The molecule has 0 aliphatic heterocycles. The van der Waals surface area contributed by atoms with Crippen molar-refractivity contribution in [3.8, 4) is 5.75 Å². The molecule has 1 atom stereocenters. The van der Waals surface area contributed by atoms with Crippen LogP contribution in [-0.4, -0.2) is 17.6 Å². The number of carbonyl (C=O) groups is 1. The number of nitrogens with zero attached hydrogens (tertiary/aromatic N) is 1. The van der Waals surface area contributed by atoms with Crippen molar-refractivity contribution in [2.24, 2.45) is 0 Å². The minimum Gasteiger partial charge on any atom is -0.495 e. The van der Waals surface area contributed by atoms with Gasteiger partial charge < -0.3 is 19.0 Å². The molecule has 5 nitrogen and oxygen atoms in total. The number of aromatic nitrogens is 1. The number of anilines is 1. The molecule has 1 aromatic carbocycles. The van der Waals surface area contributed by atoms with Gasteiger partial charge in [-0.3, -0.25) is 4.79 Å². The Morgan fingerprint density at radius 2 is 2.04 bits per heavy atom. The molecule has 0 aliphatic rings. The van der Waals surface area contributed by atoms with Gasteiger partial charge in [-0.15, -0.1) is 0 Å². The SMILES string of the molecule is COc1ccc(C)cc1NC(=O)C[C@@H](c1ccco1)n1cccc1. The van der Waals surface area contributed by atoms with Crippen molar-refractivity contribution in [1.29, 1.82) is 0 Å². The molecule has 0 saturated carbocycles. The van der Waals surface area contributed by atoms with Crippen molar-refractivity contribution in [3.63, 3.8) is 0 Å². The van der Waals surface area contributed by atoms with Crippen LogP contribution in [-0.2, 0) is 4.79 Å². The van der Waals surface area contributed by atoms with Crippen LogP contribution < -0.4 is 10.1 Å². The van der Waals surface area contributed by atoms with Gasteiger partial charge in [-0.1, -0.05) is 6.07 Å². The van der Waals surface area contributed by atoms with Gasteiger partial charge in [0.1, 0.15) is 11.5 Å². The normalized spacial score (nSPS) is 11.9. The van der Waals surface area contributed by atoms with Crippen LogP contribution in [0.4, 0.5) is 5.69 Å². The second kappa shape index (κ2) is 7.08. The van der Waals surface area contributed by atoms with Crippen molar-refractivity contribution in [2.75, 3.05) is 12.4 Å². The van der Waals surface area contributed by atoms with E-state index in [0.717, 1.165) is 11.3 Å². The van der Waals surface area contributed by atoms with E-state index < -0.39 is 0 Å². The third-order valence-corrected chi connectivity index (χ3v) is 3.87. The highest BCUT2D eigenvalue weighted by atomic mass is 16.5. The lowest BCUT2D eigenvalue weighted by Gasteiger charge is -2.17. The van der Waals surface area contributed by atoms with E-state index in [1.54, 1.807) is 13.4 Å². The first-order chi connectivity index (χ1) is 11.7. The van der Waals surface area contributed by atoms with Crippen LogP contribution in [0.15, 0.2) is 65.5 Å². The summed E-state index contributed by atoms with van der Waals surface area (Å²) in [5.74, 6) is 1.29. The van der Waals surface area contributed by atoms with Crippen LogP contribution in [0.5, 0.6) is 5.75 Å². The Kier molecular flexibility index (Phi) is 4.70. The van der Waals surface area contributed by atoms with Crippen LogP contribution in [0, 0.1) is 6.92 Å². The van der Waals surface area contributed by atoms with Gasteiger partial charge in [0, 0.05) is 12.4 Å². The van der Waals surface area contributed by atoms with Crippen LogP contribution >= 0.6 is 0 Å². The molecule has 0 aliphatic carbocycles. The Labute approximate surface area is 140 Å². The minimum atomic E-state index is -0.189. The summed E-state index contributed by atoms with van der Waals surface area (Å²) in [5.41, 5.74) is 1.73. The number of methoxy groups -OCH3 is 1. The van der Waals surface area contributed by atoms with Crippen molar-refractivity contribution >= 4 is 11.6 Å². The number of nitrogens with one attached hydrogen (secondary N) is 1. The molecular formula is C19H20N2O3. The van der Waals surface area contributed by atoms with E-state index in [2.05, 4.69) is 5.32 Å². The van der Waals surface area contributed by atoms with Crippen molar-refractivity contribution in [1.82, 2.24) is 4.57 Å². The zero-order valence-corrected chi connectivity index (χ0v) is 13.7. The lowest BCUT2D eigenvalue weighted by molar-refractivity contribution is -0.116. The number of furan rings is 1. The lowest BCUT2D eigenvalue weighted by atomic mass is 10.1. The van der Waals surface area contributed by atoms with E-state index in [0.29, 0.717) is 11.4 Å². The Hall–Kier alpha value is -2.95. The fourth-order valence-electron chi connectivity index (χ4n) is 2.69. The molecule has 0 unspecified atom stereocenters. The number of carbonyl (C=O) groups excluding carboxylic acids is 1. The maximum absolute atomic E-state index is 12.6. The number of rotatable bonds is 6. The zero-order valence-electron chi connectivity index (χ0n) is 13.7. The molecule has 0 bridgehead atoms. The Balaban J connectivity index is 1.79. The van der Waals surface area contributed by atoms with Gasteiger partial charge in [0.25, 0.3) is 0 Å². The fourth-order valence-corrected chi connectivity index (χ4v) is 2.69. The van der Waals surface area contributed by atoms with Gasteiger partial charge >= 0.3 is 0 Å². The molecule has 3 rings (SSSR count). The first-order valence-corrected chi connectivity index (χ1v) is 7.77. The highest BCUT2D eigenvalue weighted by Crippen LogP contribution is 2.27. The highest BCUT2D eigenvalue weighted by molar-refractivity contribution is 5.92. The number of ether oxygens (including phenoxy) is 1. The van der Waals surface area contributed by atoms with E-state index in [1.165, 1.54) is 0 Å². The Bertz CT molecular complexity index is 758. The molecular weight excluding hydrogens is 304 g/mol. The van der Waals surface area contributed by atoms with E-state index >= 15 is 0 Å². The molecule has 3 aromatic rings. The summed E-state index contributed by atoms with van der Waals surface area (Å²) >= 11 is 0. The molecule has 0 fully saturated rings. The van der Waals surface area contributed by atoms with Crippen molar-refractivity contribution in [3.05, 3.63) is 72.4 Å². The molecule has 124 valence electrons. The number of hydrogen-bond donors (Lipinski definition) is 1. The monoisotopic (exact) mass is 324 g/mol. The van der Waals surface area contributed by atoms with E-state index in [9.17, 15) is 4.79 Å². The summed E-state index contributed by atoms with van der Waals surface area (Å²) in [5, 5.41) is 2.94. The van der Waals surface area contributed by atoms with E-state index in [-0.39, 0.29) is 18.4 Å². The van der Waals surface area contributed by atoms with Crippen LogP contribution in [0.25, 0.3) is 0 Å². The predicted molar refractivity (Wildman–Crippen MR) is 92.3 cm³/mol. The molecule has 2 heterocycles. The van der Waals surface area contributed by atoms with Crippen molar-refractivity contribution in [2.45, 2.75) is 19.4 Å². The summed E-state index contributed by atoms with van der Waals surface area (Å²) in [7, 11) is 1.59. The maximum atomic E-state index is 12.6. The molecule has 5 heteroatoms. The first kappa shape index (κ1) is 15.9. The summed E-state index contributed by atoms with van der Waals surface area (Å²) in [6, 6.07) is 13.1. The molecule has 0 saturated heterocycles. The van der Waals surface area contributed by atoms with Crippen LogP contribution in [0.3, 0.4) is 0 Å². The largest absolute Gasteiger partial charge is 0.495 e. The van der Waals surface area contributed by atoms with Gasteiger partial charge in [0.05, 0.1) is 31.5 Å². The second-order valence-corrected chi connectivity index (χ2v) is 5.62. The predicted octanol–water partition coefficient (Wildman–Crippen LogP) is 4.02.